The van der Waals surface area contributed by atoms with Crippen molar-refractivity contribution >= 4 is 27.5 Å². The van der Waals surface area contributed by atoms with Gasteiger partial charge < -0.3 is 14.6 Å². The van der Waals surface area contributed by atoms with E-state index < -0.39 is 0 Å². The third-order valence-corrected chi connectivity index (χ3v) is 4.13. The van der Waals surface area contributed by atoms with Crippen molar-refractivity contribution in [1.82, 2.24) is 5.32 Å². The highest BCUT2D eigenvalue weighted by atomic mass is 79.9. The number of rotatable bonds is 3. The van der Waals surface area contributed by atoms with E-state index in [2.05, 4.69) is 32.2 Å². The Morgan fingerprint density at radius 2 is 2.15 bits per heavy atom. The van der Waals surface area contributed by atoms with Crippen molar-refractivity contribution < 1.29 is 9.21 Å². The summed E-state index contributed by atoms with van der Waals surface area (Å²) in [6.07, 6.45) is 2.45. The normalized spacial score (nSPS) is 18.2. The zero-order valence-corrected chi connectivity index (χ0v) is 12.5. The molecule has 5 heteroatoms. The third-order valence-electron chi connectivity index (χ3n) is 3.46. The van der Waals surface area contributed by atoms with Gasteiger partial charge in [0.1, 0.15) is 0 Å². The van der Waals surface area contributed by atoms with Gasteiger partial charge in [0.2, 0.25) is 0 Å². The predicted molar refractivity (Wildman–Crippen MR) is 80.9 cm³/mol. The van der Waals surface area contributed by atoms with Crippen LogP contribution in [-0.2, 0) is 0 Å². The molecule has 1 aromatic carbocycles. The number of carbonyl (C=O) groups is 1. The fourth-order valence-corrected chi connectivity index (χ4v) is 3.00. The standard InChI is InChI=1S/C15H15BrN2O2/c16-12-4-1-2-5-13(12)18-8-7-11(10-18)17-15(19)14-6-3-9-20-14/h1-6,9,11H,7-8,10H2,(H,17,19)/t11-/m0/s1. The largest absolute Gasteiger partial charge is 0.459 e. The number of benzene rings is 1. The van der Waals surface area contributed by atoms with Crippen LogP contribution in [0, 0.1) is 0 Å². The molecule has 4 nitrogen and oxygen atoms in total. The number of amides is 1. The molecule has 3 rings (SSSR count). The van der Waals surface area contributed by atoms with Crippen molar-refractivity contribution in [3.63, 3.8) is 0 Å². The molecule has 1 aromatic heterocycles. The molecule has 0 aliphatic carbocycles. The van der Waals surface area contributed by atoms with E-state index in [-0.39, 0.29) is 11.9 Å². The first-order valence-electron chi connectivity index (χ1n) is 6.58. The number of nitrogens with one attached hydrogen (secondary N) is 1. The van der Waals surface area contributed by atoms with Crippen LogP contribution < -0.4 is 10.2 Å². The maximum Gasteiger partial charge on any atom is 0.287 e. The molecule has 0 radical (unpaired) electrons. The molecule has 1 amide bonds. The number of halogens is 1. The van der Waals surface area contributed by atoms with Crippen molar-refractivity contribution in [3.05, 3.63) is 52.9 Å². The lowest BCUT2D eigenvalue weighted by Gasteiger charge is -2.20. The first-order chi connectivity index (χ1) is 9.74. The van der Waals surface area contributed by atoms with Crippen LogP contribution in [0.1, 0.15) is 17.0 Å². The summed E-state index contributed by atoms with van der Waals surface area (Å²) in [7, 11) is 0. The molecule has 20 heavy (non-hydrogen) atoms. The summed E-state index contributed by atoms with van der Waals surface area (Å²) >= 11 is 3.56. The van der Waals surface area contributed by atoms with E-state index in [0.717, 1.165) is 24.0 Å². The lowest BCUT2D eigenvalue weighted by molar-refractivity contribution is 0.0912. The first-order valence-corrected chi connectivity index (χ1v) is 7.37. The number of anilines is 1. The van der Waals surface area contributed by atoms with Crippen LogP contribution in [0.5, 0.6) is 0 Å². The van der Waals surface area contributed by atoms with Gasteiger partial charge in [0.15, 0.2) is 5.76 Å². The van der Waals surface area contributed by atoms with Gasteiger partial charge in [-0.15, -0.1) is 0 Å². The van der Waals surface area contributed by atoms with Gasteiger partial charge in [0.25, 0.3) is 5.91 Å². The van der Waals surface area contributed by atoms with Gasteiger partial charge in [-0.25, -0.2) is 0 Å². The average Bonchev–Trinajstić information content (AvgIpc) is 3.10. The van der Waals surface area contributed by atoms with Gasteiger partial charge in [-0.05, 0) is 46.6 Å². The monoisotopic (exact) mass is 334 g/mol. The van der Waals surface area contributed by atoms with Crippen LogP contribution in [0.3, 0.4) is 0 Å². The van der Waals surface area contributed by atoms with Crippen molar-refractivity contribution in [2.45, 2.75) is 12.5 Å². The Labute approximate surface area is 125 Å². The predicted octanol–water partition coefficient (Wildman–Crippen LogP) is 3.05. The summed E-state index contributed by atoms with van der Waals surface area (Å²) in [6, 6.07) is 11.7. The summed E-state index contributed by atoms with van der Waals surface area (Å²) in [6.45, 7) is 1.75. The summed E-state index contributed by atoms with van der Waals surface area (Å²) < 4.78 is 6.18. The fraction of sp³-hybridized carbons (Fsp3) is 0.267. The summed E-state index contributed by atoms with van der Waals surface area (Å²) in [5.74, 6) is 0.221. The van der Waals surface area contributed by atoms with Crippen molar-refractivity contribution in [3.8, 4) is 0 Å². The van der Waals surface area contributed by atoms with Gasteiger partial charge in [-0.1, -0.05) is 12.1 Å². The Morgan fingerprint density at radius 1 is 1.30 bits per heavy atom. The lowest BCUT2D eigenvalue weighted by Crippen LogP contribution is -2.37. The SMILES string of the molecule is O=C(N[C@H]1CCN(c2ccccc2Br)C1)c1ccco1. The quantitative estimate of drug-likeness (QED) is 0.938. The molecule has 1 aliphatic rings. The first kappa shape index (κ1) is 13.2. The third kappa shape index (κ3) is 2.72. The molecule has 1 saturated heterocycles. The molecule has 2 aromatic rings. The van der Waals surface area contributed by atoms with E-state index in [1.165, 1.54) is 12.0 Å². The Morgan fingerprint density at radius 3 is 2.90 bits per heavy atom. The van der Waals surface area contributed by atoms with Gasteiger partial charge in [0, 0.05) is 23.6 Å². The van der Waals surface area contributed by atoms with Crippen LogP contribution in [0.2, 0.25) is 0 Å². The van der Waals surface area contributed by atoms with Crippen LogP contribution in [0.25, 0.3) is 0 Å². The molecular weight excluding hydrogens is 320 g/mol. The smallest absolute Gasteiger partial charge is 0.287 e. The van der Waals surface area contributed by atoms with Crippen molar-refractivity contribution in [2.24, 2.45) is 0 Å². The molecule has 0 saturated carbocycles. The minimum Gasteiger partial charge on any atom is -0.459 e. The topological polar surface area (TPSA) is 45.5 Å². The van der Waals surface area contributed by atoms with E-state index >= 15 is 0 Å². The highest BCUT2D eigenvalue weighted by Crippen LogP contribution is 2.28. The average molecular weight is 335 g/mol. The zero-order valence-electron chi connectivity index (χ0n) is 10.9. The Kier molecular flexibility index (Phi) is 3.78. The molecule has 1 aliphatic heterocycles. The van der Waals surface area contributed by atoms with Crippen molar-refractivity contribution in [1.29, 1.82) is 0 Å². The van der Waals surface area contributed by atoms with Gasteiger partial charge in [-0.3, -0.25) is 4.79 Å². The molecule has 1 atom stereocenters. The van der Waals surface area contributed by atoms with E-state index in [9.17, 15) is 4.79 Å². The highest BCUT2D eigenvalue weighted by Gasteiger charge is 2.25. The highest BCUT2D eigenvalue weighted by molar-refractivity contribution is 9.10. The molecule has 2 heterocycles. The molecule has 1 N–H and O–H groups in total. The second kappa shape index (κ2) is 5.71. The van der Waals surface area contributed by atoms with E-state index in [1.807, 2.05) is 18.2 Å². The number of hydrogen-bond acceptors (Lipinski definition) is 3. The van der Waals surface area contributed by atoms with Gasteiger partial charge in [0.05, 0.1) is 12.0 Å². The molecule has 0 bridgehead atoms. The second-order valence-corrected chi connectivity index (χ2v) is 5.69. The summed E-state index contributed by atoms with van der Waals surface area (Å²) in [4.78, 5) is 14.2. The molecule has 0 spiro atoms. The summed E-state index contributed by atoms with van der Waals surface area (Å²) in [5.41, 5.74) is 1.17. The lowest BCUT2D eigenvalue weighted by atomic mass is 10.2. The van der Waals surface area contributed by atoms with E-state index in [1.54, 1.807) is 12.1 Å². The zero-order chi connectivity index (χ0) is 13.9. The summed E-state index contributed by atoms with van der Waals surface area (Å²) in [5, 5.41) is 3.01. The maximum atomic E-state index is 11.9. The molecule has 104 valence electrons. The number of furan rings is 1. The molecule has 1 fully saturated rings. The van der Waals surface area contributed by atoms with Crippen molar-refractivity contribution in [2.75, 3.05) is 18.0 Å². The Hall–Kier alpha value is -1.75. The van der Waals surface area contributed by atoms with Crippen LogP contribution in [0.15, 0.2) is 51.6 Å². The van der Waals surface area contributed by atoms with Gasteiger partial charge in [-0.2, -0.15) is 0 Å². The second-order valence-electron chi connectivity index (χ2n) is 4.83. The Balaban J connectivity index is 1.63. The minimum absolute atomic E-state index is 0.144. The fourth-order valence-electron chi connectivity index (χ4n) is 2.47. The Bertz CT molecular complexity index is 598. The van der Waals surface area contributed by atoms with Crippen LogP contribution >= 0.6 is 15.9 Å². The van der Waals surface area contributed by atoms with E-state index in [0.29, 0.717) is 5.76 Å². The van der Waals surface area contributed by atoms with Crippen LogP contribution in [0.4, 0.5) is 5.69 Å². The molecular formula is C15H15BrN2O2. The number of carbonyl (C=O) groups excluding carboxylic acids is 1. The molecule has 0 unspecified atom stereocenters. The van der Waals surface area contributed by atoms with E-state index in [4.69, 9.17) is 4.42 Å². The number of hydrogen-bond donors (Lipinski definition) is 1. The minimum atomic E-state index is -0.144. The maximum absolute atomic E-state index is 11.9. The van der Waals surface area contributed by atoms with Gasteiger partial charge >= 0.3 is 0 Å². The number of nitrogens with zero attached hydrogens (tertiary/aromatic N) is 1. The number of para-hydroxylation sites is 1. The van der Waals surface area contributed by atoms with Crippen LogP contribution in [-0.4, -0.2) is 25.0 Å².